The van der Waals surface area contributed by atoms with Crippen LogP contribution in [0.3, 0.4) is 0 Å². The molecule has 23 heavy (non-hydrogen) atoms. The van der Waals surface area contributed by atoms with Crippen molar-refractivity contribution in [3.63, 3.8) is 0 Å². The van der Waals surface area contributed by atoms with Gasteiger partial charge in [0.15, 0.2) is 5.82 Å². The van der Waals surface area contributed by atoms with Gasteiger partial charge in [-0.3, -0.25) is 0 Å². The van der Waals surface area contributed by atoms with Crippen molar-refractivity contribution in [2.75, 3.05) is 0 Å². The highest BCUT2D eigenvalue weighted by atomic mass is 19.1. The second kappa shape index (κ2) is 5.30. The summed E-state index contributed by atoms with van der Waals surface area (Å²) in [5.41, 5.74) is 1.89. The van der Waals surface area contributed by atoms with E-state index >= 15 is 0 Å². The number of hydrogen-bond acceptors (Lipinski definition) is 4. The zero-order valence-electron chi connectivity index (χ0n) is 12.8. The molecular weight excluding hydrogens is 295 g/mol. The van der Waals surface area contributed by atoms with Crippen molar-refractivity contribution in [3.05, 3.63) is 65.1 Å². The molecule has 0 saturated heterocycles. The fourth-order valence-electron chi connectivity index (χ4n) is 2.91. The number of rotatable bonds is 5. The van der Waals surface area contributed by atoms with Gasteiger partial charge in [-0.15, -0.1) is 0 Å². The lowest BCUT2D eigenvalue weighted by atomic mass is 9.95. The molecule has 1 aliphatic rings. The van der Waals surface area contributed by atoms with E-state index in [2.05, 4.69) is 20.1 Å². The molecule has 1 aliphatic carbocycles. The molecule has 5 nitrogen and oxygen atoms in total. The topological polar surface area (TPSA) is 67.6 Å². The maximum Gasteiger partial charge on any atom is 0.227 e. The average molecular weight is 312 g/mol. The minimum absolute atomic E-state index is 0.198. The third kappa shape index (κ3) is 2.65. The fraction of sp³-hybridized carbons (Fsp3) is 0.353. The quantitative estimate of drug-likeness (QED) is 0.786. The van der Waals surface area contributed by atoms with Crippen LogP contribution in [0.4, 0.5) is 4.39 Å². The Bertz CT molecular complexity index is 817. The normalized spacial score (nSPS) is 15.7. The Hall–Kier alpha value is -2.50. The van der Waals surface area contributed by atoms with Crippen molar-refractivity contribution in [1.82, 2.24) is 20.1 Å². The summed E-state index contributed by atoms with van der Waals surface area (Å²) in [5.74, 6) is 2.01. The Balaban J connectivity index is 1.50. The van der Waals surface area contributed by atoms with E-state index in [1.54, 1.807) is 0 Å². The number of H-pyrrole nitrogens is 1. The number of imidazole rings is 1. The van der Waals surface area contributed by atoms with Crippen molar-refractivity contribution >= 4 is 0 Å². The number of benzene rings is 1. The predicted molar refractivity (Wildman–Crippen MR) is 81.4 cm³/mol. The summed E-state index contributed by atoms with van der Waals surface area (Å²) in [5, 5.41) is 4.16. The average Bonchev–Trinajstić information content (AvgIpc) is 3.02. The van der Waals surface area contributed by atoms with Gasteiger partial charge in [0.1, 0.15) is 11.6 Å². The van der Waals surface area contributed by atoms with Gasteiger partial charge < -0.3 is 9.51 Å². The minimum atomic E-state index is -0.230. The van der Waals surface area contributed by atoms with Crippen LogP contribution in [-0.4, -0.2) is 20.1 Å². The van der Waals surface area contributed by atoms with E-state index in [-0.39, 0.29) is 11.2 Å². The van der Waals surface area contributed by atoms with Crippen molar-refractivity contribution in [2.24, 2.45) is 0 Å². The molecule has 0 amide bonds. The SMILES string of the molecule is Cc1cnc(CCc2nc(C3(c4ccc(F)cc4)CC3)no2)[nH]1. The van der Waals surface area contributed by atoms with E-state index in [0.717, 1.165) is 36.3 Å². The van der Waals surface area contributed by atoms with Crippen molar-refractivity contribution in [1.29, 1.82) is 0 Å². The number of nitrogens with zero attached hydrogens (tertiary/aromatic N) is 3. The molecule has 3 aromatic rings. The molecule has 2 heterocycles. The largest absolute Gasteiger partial charge is 0.346 e. The summed E-state index contributed by atoms with van der Waals surface area (Å²) < 4.78 is 18.5. The first kappa shape index (κ1) is 14.1. The third-order valence-electron chi connectivity index (χ3n) is 4.37. The van der Waals surface area contributed by atoms with Crippen molar-refractivity contribution in [3.8, 4) is 0 Å². The standard InChI is InChI=1S/C17H17FN4O/c1-11-10-19-14(20-11)6-7-15-21-16(22-23-15)17(8-9-17)12-2-4-13(18)5-3-12/h2-5,10H,6-9H2,1H3,(H,19,20). The molecular formula is C17H17FN4O. The number of aromatic nitrogens is 4. The number of nitrogens with one attached hydrogen (secondary N) is 1. The summed E-state index contributed by atoms with van der Waals surface area (Å²) in [6.45, 7) is 1.97. The summed E-state index contributed by atoms with van der Waals surface area (Å²) in [6, 6.07) is 6.58. The zero-order chi connectivity index (χ0) is 15.9. The van der Waals surface area contributed by atoms with Gasteiger partial charge in [-0.1, -0.05) is 17.3 Å². The van der Waals surface area contributed by atoms with Crippen LogP contribution in [0.1, 0.15) is 41.6 Å². The molecule has 2 aromatic heterocycles. The van der Waals surface area contributed by atoms with Crippen molar-refractivity contribution < 1.29 is 8.91 Å². The number of aryl methyl sites for hydroxylation is 3. The number of hydrogen-bond donors (Lipinski definition) is 1. The highest BCUT2D eigenvalue weighted by molar-refractivity contribution is 5.38. The lowest BCUT2D eigenvalue weighted by Crippen LogP contribution is -2.11. The highest BCUT2D eigenvalue weighted by Gasteiger charge is 2.49. The van der Waals surface area contributed by atoms with Crippen LogP contribution in [0.15, 0.2) is 35.0 Å². The maximum atomic E-state index is 13.1. The summed E-state index contributed by atoms with van der Waals surface area (Å²) in [4.78, 5) is 12.0. The van der Waals surface area contributed by atoms with Gasteiger partial charge in [-0.2, -0.15) is 4.98 Å². The first-order valence-electron chi connectivity index (χ1n) is 7.75. The maximum absolute atomic E-state index is 13.1. The van der Waals surface area contributed by atoms with Crippen LogP contribution >= 0.6 is 0 Å². The van der Waals surface area contributed by atoms with Gasteiger partial charge in [0.05, 0.1) is 5.41 Å². The van der Waals surface area contributed by atoms with E-state index in [1.165, 1.54) is 12.1 Å². The van der Waals surface area contributed by atoms with Crippen molar-refractivity contribution in [2.45, 2.75) is 38.0 Å². The molecule has 0 bridgehead atoms. The van der Waals surface area contributed by atoms with Gasteiger partial charge in [0, 0.05) is 24.7 Å². The molecule has 0 unspecified atom stereocenters. The van der Waals surface area contributed by atoms with Crippen LogP contribution in [0.5, 0.6) is 0 Å². The van der Waals surface area contributed by atoms with Gasteiger partial charge in [0.2, 0.25) is 5.89 Å². The third-order valence-corrected chi connectivity index (χ3v) is 4.37. The first-order chi connectivity index (χ1) is 11.2. The van der Waals surface area contributed by atoms with Crippen LogP contribution < -0.4 is 0 Å². The molecule has 0 spiro atoms. The molecule has 1 saturated carbocycles. The lowest BCUT2D eigenvalue weighted by Gasteiger charge is -2.10. The predicted octanol–water partition coefficient (Wildman–Crippen LogP) is 3.11. The van der Waals surface area contributed by atoms with E-state index in [0.29, 0.717) is 18.1 Å². The van der Waals surface area contributed by atoms with Gasteiger partial charge in [0.25, 0.3) is 0 Å². The van der Waals surface area contributed by atoms with E-state index in [4.69, 9.17) is 4.52 Å². The second-order valence-electron chi connectivity index (χ2n) is 6.11. The molecule has 0 atom stereocenters. The van der Waals surface area contributed by atoms with Crippen LogP contribution in [-0.2, 0) is 18.3 Å². The molecule has 6 heteroatoms. The zero-order valence-corrected chi connectivity index (χ0v) is 12.8. The smallest absolute Gasteiger partial charge is 0.227 e. The lowest BCUT2D eigenvalue weighted by molar-refractivity contribution is 0.370. The summed E-state index contributed by atoms with van der Waals surface area (Å²) in [6.07, 6.45) is 5.13. The second-order valence-corrected chi connectivity index (χ2v) is 6.11. The minimum Gasteiger partial charge on any atom is -0.346 e. The Kier molecular flexibility index (Phi) is 3.25. The monoisotopic (exact) mass is 312 g/mol. The molecule has 1 aromatic carbocycles. The molecule has 0 radical (unpaired) electrons. The van der Waals surface area contributed by atoms with Crippen LogP contribution in [0.25, 0.3) is 0 Å². The summed E-state index contributed by atoms with van der Waals surface area (Å²) in [7, 11) is 0. The number of aromatic amines is 1. The van der Waals surface area contributed by atoms with E-state index < -0.39 is 0 Å². The van der Waals surface area contributed by atoms with Crippen LogP contribution in [0.2, 0.25) is 0 Å². The molecule has 1 N–H and O–H groups in total. The van der Waals surface area contributed by atoms with Gasteiger partial charge in [-0.05, 0) is 37.5 Å². The Morgan fingerprint density at radius 2 is 2.00 bits per heavy atom. The van der Waals surface area contributed by atoms with Crippen LogP contribution in [0, 0.1) is 12.7 Å². The molecule has 4 rings (SSSR count). The van der Waals surface area contributed by atoms with Gasteiger partial charge >= 0.3 is 0 Å². The van der Waals surface area contributed by atoms with E-state index in [9.17, 15) is 4.39 Å². The molecule has 118 valence electrons. The first-order valence-corrected chi connectivity index (χ1v) is 7.75. The molecule has 0 aliphatic heterocycles. The molecule has 1 fully saturated rings. The Morgan fingerprint density at radius 1 is 1.22 bits per heavy atom. The Morgan fingerprint density at radius 3 is 2.65 bits per heavy atom. The Labute approximate surface area is 133 Å². The van der Waals surface area contributed by atoms with Gasteiger partial charge in [-0.25, -0.2) is 9.37 Å². The fourth-order valence-corrected chi connectivity index (χ4v) is 2.91. The number of halogens is 1. The highest BCUT2D eigenvalue weighted by Crippen LogP contribution is 2.52. The van der Waals surface area contributed by atoms with E-state index in [1.807, 2.05) is 25.3 Å². The summed E-state index contributed by atoms with van der Waals surface area (Å²) >= 11 is 0.